The number of ketones is 1. The number of fused-ring (bicyclic) bond motifs is 1. The fourth-order valence-corrected chi connectivity index (χ4v) is 2.55. The predicted molar refractivity (Wildman–Crippen MR) is 95.7 cm³/mol. The van der Waals surface area contributed by atoms with Crippen LogP contribution >= 0.6 is 23.2 Å². The van der Waals surface area contributed by atoms with Gasteiger partial charge in [0.2, 0.25) is 0 Å². The summed E-state index contributed by atoms with van der Waals surface area (Å²) in [6.45, 7) is 4.00. The molecule has 1 heterocycles. The molecule has 6 heteroatoms. The van der Waals surface area contributed by atoms with Crippen LogP contribution < -0.4 is 4.74 Å². The number of hydrogen-bond donors (Lipinski definition) is 1. The van der Waals surface area contributed by atoms with E-state index in [1.807, 2.05) is 13.8 Å². The largest absolute Gasteiger partial charge is 0.506 e. The molecule has 24 heavy (non-hydrogen) atoms. The van der Waals surface area contributed by atoms with Crippen LogP contribution in [0.25, 0.3) is 11.0 Å². The number of ether oxygens (including phenoxy) is 1. The topological polar surface area (TPSA) is 59.7 Å². The Morgan fingerprint density at radius 3 is 2.33 bits per heavy atom. The number of hydrogen-bond acceptors (Lipinski definition) is 4. The molecule has 0 amide bonds. The summed E-state index contributed by atoms with van der Waals surface area (Å²) < 4.78 is 10.4. The van der Waals surface area contributed by atoms with E-state index < -0.39 is 0 Å². The number of carbonyl (C=O) groups is 1. The van der Waals surface area contributed by atoms with Crippen molar-refractivity contribution in [3.8, 4) is 11.5 Å². The first kappa shape index (κ1) is 18.2. The van der Waals surface area contributed by atoms with E-state index in [1.165, 1.54) is 12.3 Å². The highest BCUT2D eigenvalue weighted by Crippen LogP contribution is 2.40. The van der Waals surface area contributed by atoms with E-state index in [2.05, 4.69) is 0 Å². The molecule has 0 spiro atoms. The number of phenolic OH excluding ortho intramolecular Hbond substituents is 1. The minimum atomic E-state index is -0.251. The molecular formula is C18H16Cl2O4. The van der Waals surface area contributed by atoms with Gasteiger partial charge in [0.25, 0.3) is 0 Å². The van der Waals surface area contributed by atoms with Crippen molar-refractivity contribution in [2.45, 2.75) is 13.8 Å². The first-order valence-electron chi connectivity index (χ1n) is 7.30. The Hall–Kier alpha value is -2.17. The van der Waals surface area contributed by atoms with Crippen LogP contribution in [-0.4, -0.2) is 18.0 Å². The molecule has 3 aromatic rings. The first-order chi connectivity index (χ1) is 11.5. The minimum absolute atomic E-state index is 0.00744. The quantitative estimate of drug-likeness (QED) is 0.602. The number of phenols is 1. The molecule has 0 aliphatic carbocycles. The second-order valence-corrected chi connectivity index (χ2v) is 5.36. The van der Waals surface area contributed by atoms with Crippen LogP contribution in [-0.2, 0) is 0 Å². The van der Waals surface area contributed by atoms with Crippen LogP contribution in [0.2, 0.25) is 10.0 Å². The zero-order chi connectivity index (χ0) is 17.9. The van der Waals surface area contributed by atoms with Gasteiger partial charge in [-0.05, 0) is 30.3 Å². The summed E-state index contributed by atoms with van der Waals surface area (Å²) in [6.07, 6.45) is 1.30. The van der Waals surface area contributed by atoms with Crippen LogP contribution in [0, 0.1) is 0 Å². The molecule has 0 atom stereocenters. The third-order valence-corrected chi connectivity index (χ3v) is 4.16. The number of halogens is 2. The number of methoxy groups -OCH3 is 1. The summed E-state index contributed by atoms with van der Waals surface area (Å²) in [7, 11) is 1.55. The van der Waals surface area contributed by atoms with Crippen LogP contribution in [0.5, 0.6) is 11.5 Å². The molecular weight excluding hydrogens is 351 g/mol. The molecule has 0 saturated carbocycles. The summed E-state index contributed by atoms with van der Waals surface area (Å²) in [5.41, 5.74) is 1.03. The fraction of sp³-hybridized carbons (Fsp3) is 0.167. The van der Waals surface area contributed by atoms with Crippen LogP contribution in [0.15, 0.2) is 41.0 Å². The van der Waals surface area contributed by atoms with Crippen molar-refractivity contribution in [2.75, 3.05) is 7.11 Å². The van der Waals surface area contributed by atoms with Crippen molar-refractivity contribution in [1.82, 2.24) is 0 Å². The molecule has 126 valence electrons. The van der Waals surface area contributed by atoms with E-state index in [4.69, 9.17) is 32.4 Å². The van der Waals surface area contributed by atoms with Crippen molar-refractivity contribution in [3.63, 3.8) is 0 Å². The lowest BCUT2D eigenvalue weighted by Crippen LogP contribution is -2.00. The van der Waals surface area contributed by atoms with Crippen LogP contribution in [0.1, 0.15) is 29.8 Å². The number of aromatic hydroxyl groups is 1. The lowest BCUT2D eigenvalue weighted by atomic mass is 10.0. The number of benzene rings is 2. The molecule has 0 radical (unpaired) electrons. The highest BCUT2D eigenvalue weighted by molar-refractivity contribution is 6.46. The van der Waals surface area contributed by atoms with Gasteiger partial charge in [-0.3, -0.25) is 4.79 Å². The van der Waals surface area contributed by atoms with E-state index in [1.54, 1.807) is 31.4 Å². The highest BCUT2D eigenvalue weighted by atomic mass is 35.5. The van der Waals surface area contributed by atoms with Gasteiger partial charge >= 0.3 is 0 Å². The molecule has 2 aromatic carbocycles. The van der Waals surface area contributed by atoms with Crippen molar-refractivity contribution >= 4 is 40.0 Å². The Kier molecular flexibility index (Phi) is 5.75. The lowest BCUT2D eigenvalue weighted by Gasteiger charge is -2.03. The van der Waals surface area contributed by atoms with Gasteiger partial charge in [-0.1, -0.05) is 37.0 Å². The van der Waals surface area contributed by atoms with E-state index >= 15 is 0 Å². The van der Waals surface area contributed by atoms with Gasteiger partial charge < -0.3 is 14.3 Å². The molecule has 0 aliphatic rings. The number of rotatable bonds is 3. The normalized spacial score (nSPS) is 10.2. The Morgan fingerprint density at radius 2 is 1.75 bits per heavy atom. The van der Waals surface area contributed by atoms with Crippen LogP contribution in [0.3, 0.4) is 0 Å². The Balaban J connectivity index is 0.00000100. The molecule has 1 N–H and O–H groups in total. The first-order valence-corrected chi connectivity index (χ1v) is 8.05. The molecule has 0 unspecified atom stereocenters. The fourth-order valence-electron chi connectivity index (χ4n) is 2.17. The summed E-state index contributed by atoms with van der Waals surface area (Å²) in [6, 6.07) is 8.05. The van der Waals surface area contributed by atoms with E-state index in [-0.39, 0.29) is 27.2 Å². The van der Waals surface area contributed by atoms with Gasteiger partial charge in [-0.25, -0.2) is 0 Å². The average Bonchev–Trinajstić information content (AvgIpc) is 3.04. The maximum Gasteiger partial charge on any atom is 0.196 e. The molecule has 4 nitrogen and oxygen atoms in total. The highest BCUT2D eigenvalue weighted by Gasteiger charge is 2.20. The monoisotopic (exact) mass is 366 g/mol. The SMILES string of the molecule is CC.COc1ccc(C(=O)c2coc3c(Cl)c(Cl)c(O)cc23)cc1. The average molecular weight is 367 g/mol. The second kappa shape index (κ2) is 7.60. The van der Waals surface area contributed by atoms with E-state index in [0.29, 0.717) is 22.3 Å². The molecule has 0 saturated heterocycles. The van der Waals surface area contributed by atoms with Crippen molar-refractivity contribution in [1.29, 1.82) is 0 Å². The second-order valence-electron chi connectivity index (χ2n) is 4.61. The zero-order valence-electron chi connectivity index (χ0n) is 13.4. The van der Waals surface area contributed by atoms with Gasteiger partial charge in [-0.2, -0.15) is 0 Å². The van der Waals surface area contributed by atoms with Gasteiger partial charge in [0.05, 0.1) is 12.7 Å². The molecule has 3 rings (SSSR count). The molecule has 0 fully saturated rings. The Bertz CT molecular complexity index is 867. The van der Waals surface area contributed by atoms with Crippen molar-refractivity contribution < 1.29 is 19.1 Å². The smallest absolute Gasteiger partial charge is 0.196 e. The molecule has 0 bridgehead atoms. The lowest BCUT2D eigenvalue weighted by molar-refractivity contribution is 0.103. The van der Waals surface area contributed by atoms with Crippen LogP contribution in [0.4, 0.5) is 0 Å². The van der Waals surface area contributed by atoms with Gasteiger partial charge in [0, 0.05) is 10.9 Å². The van der Waals surface area contributed by atoms with Crippen molar-refractivity contribution in [2.24, 2.45) is 0 Å². The molecule has 0 aliphatic heterocycles. The standard InChI is InChI=1S/C16H10Cl2O4.C2H6/c1-21-9-4-2-8(3-5-9)15(20)11-7-22-16-10(11)6-12(19)13(17)14(16)18;1-2/h2-7,19H,1H3;1-2H3. The van der Waals surface area contributed by atoms with Gasteiger partial charge in [0.15, 0.2) is 11.4 Å². The van der Waals surface area contributed by atoms with Gasteiger partial charge in [0.1, 0.15) is 27.8 Å². The summed E-state index contributed by atoms with van der Waals surface area (Å²) in [5.74, 6) is 0.199. The predicted octanol–water partition coefficient (Wildman–Crippen LogP) is 5.71. The zero-order valence-corrected chi connectivity index (χ0v) is 14.9. The maximum atomic E-state index is 12.6. The third-order valence-electron chi connectivity index (χ3n) is 3.32. The number of furan rings is 1. The maximum absolute atomic E-state index is 12.6. The summed E-state index contributed by atoms with van der Waals surface area (Å²) in [5, 5.41) is 10.3. The summed E-state index contributed by atoms with van der Waals surface area (Å²) >= 11 is 11.9. The summed E-state index contributed by atoms with van der Waals surface area (Å²) in [4.78, 5) is 12.6. The van der Waals surface area contributed by atoms with Gasteiger partial charge in [-0.15, -0.1) is 0 Å². The Morgan fingerprint density at radius 1 is 1.12 bits per heavy atom. The third kappa shape index (κ3) is 3.21. The van der Waals surface area contributed by atoms with Crippen molar-refractivity contribution in [3.05, 3.63) is 57.8 Å². The van der Waals surface area contributed by atoms with E-state index in [0.717, 1.165) is 0 Å². The minimum Gasteiger partial charge on any atom is -0.506 e. The Labute approximate surface area is 149 Å². The van der Waals surface area contributed by atoms with E-state index in [9.17, 15) is 9.90 Å². The number of carbonyl (C=O) groups excluding carboxylic acids is 1. The molecule has 1 aromatic heterocycles.